The number of aromatic nitrogens is 1. The van der Waals surface area contributed by atoms with Crippen molar-refractivity contribution in [1.82, 2.24) is 10.3 Å². The minimum Gasteiger partial charge on any atom is -0.353 e. The van der Waals surface area contributed by atoms with E-state index >= 15 is 0 Å². The quantitative estimate of drug-likeness (QED) is 0.889. The third-order valence-corrected chi connectivity index (χ3v) is 4.19. The molecule has 0 bridgehead atoms. The Balaban J connectivity index is 2.12. The lowest BCUT2D eigenvalue weighted by molar-refractivity contribution is 0.446. The molecule has 2 rings (SSSR count). The van der Waals surface area contributed by atoms with Gasteiger partial charge >= 0.3 is 0 Å². The number of anilines is 1. The fourth-order valence-electron chi connectivity index (χ4n) is 3.05. The van der Waals surface area contributed by atoms with Crippen LogP contribution in [-0.2, 0) is 6.54 Å². The molecule has 1 N–H and O–H groups in total. The maximum absolute atomic E-state index is 4.76. The topological polar surface area (TPSA) is 28.2 Å². The van der Waals surface area contributed by atoms with Gasteiger partial charge in [-0.05, 0) is 49.8 Å². The number of nitrogens with one attached hydrogen (secondary N) is 1. The van der Waals surface area contributed by atoms with Crippen molar-refractivity contribution in [2.24, 2.45) is 0 Å². The van der Waals surface area contributed by atoms with E-state index in [1.54, 1.807) is 0 Å². The Bertz CT molecular complexity index is 428. The summed E-state index contributed by atoms with van der Waals surface area (Å²) in [7, 11) is 0. The van der Waals surface area contributed by atoms with Crippen LogP contribution in [0.5, 0.6) is 0 Å². The first-order valence-corrected chi connectivity index (χ1v) is 8.07. The predicted octanol–water partition coefficient (Wildman–Crippen LogP) is 3.66. The van der Waals surface area contributed by atoms with E-state index in [0.717, 1.165) is 13.1 Å². The van der Waals surface area contributed by atoms with E-state index in [1.807, 2.05) is 6.20 Å². The molecule has 0 amide bonds. The zero-order valence-electron chi connectivity index (χ0n) is 13.4. The van der Waals surface area contributed by atoms with E-state index in [2.05, 4.69) is 44.0 Å². The highest BCUT2D eigenvalue weighted by Crippen LogP contribution is 2.27. The smallest absolute Gasteiger partial charge is 0.131 e. The number of aryl methyl sites for hydroxylation is 1. The van der Waals surface area contributed by atoms with Crippen molar-refractivity contribution < 1.29 is 0 Å². The van der Waals surface area contributed by atoms with Crippen molar-refractivity contribution >= 4 is 5.82 Å². The Hall–Kier alpha value is -1.09. The molecule has 1 unspecified atom stereocenters. The molecule has 1 aromatic heterocycles. The minimum atomic E-state index is 0.515. The van der Waals surface area contributed by atoms with Gasteiger partial charge in [0.1, 0.15) is 5.82 Å². The van der Waals surface area contributed by atoms with Gasteiger partial charge in [0.15, 0.2) is 0 Å². The first-order chi connectivity index (χ1) is 9.61. The highest BCUT2D eigenvalue weighted by Gasteiger charge is 2.23. The van der Waals surface area contributed by atoms with Gasteiger partial charge in [-0.25, -0.2) is 4.98 Å². The number of piperidine rings is 1. The van der Waals surface area contributed by atoms with Gasteiger partial charge in [0.2, 0.25) is 0 Å². The molecule has 3 nitrogen and oxygen atoms in total. The molecule has 1 aromatic rings. The third kappa shape index (κ3) is 3.72. The minimum absolute atomic E-state index is 0.515. The molecular formula is C17H29N3. The summed E-state index contributed by atoms with van der Waals surface area (Å²) < 4.78 is 0. The number of pyridine rings is 1. The molecule has 2 heterocycles. The first-order valence-electron chi connectivity index (χ1n) is 8.07. The van der Waals surface area contributed by atoms with Crippen LogP contribution < -0.4 is 10.2 Å². The maximum atomic E-state index is 4.76. The molecule has 1 saturated heterocycles. The molecule has 0 aliphatic carbocycles. The Morgan fingerprint density at radius 1 is 1.40 bits per heavy atom. The van der Waals surface area contributed by atoms with Crippen molar-refractivity contribution in [1.29, 1.82) is 0 Å². The summed E-state index contributed by atoms with van der Waals surface area (Å²) in [6.07, 6.45) is 7.24. The summed E-state index contributed by atoms with van der Waals surface area (Å²) in [4.78, 5) is 7.29. The van der Waals surface area contributed by atoms with Crippen LogP contribution in [0.3, 0.4) is 0 Å². The molecule has 0 aromatic carbocycles. The maximum Gasteiger partial charge on any atom is 0.131 e. The summed E-state index contributed by atoms with van der Waals surface area (Å²) in [5.74, 6) is 1.20. The zero-order chi connectivity index (χ0) is 14.5. The van der Waals surface area contributed by atoms with Gasteiger partial charge in [0.05, 0.1) is 0 Å². The Morgan fingerprint density at radius 3 is 2.85 bits per heavy atom. The van der Waals surface area contributed by atoms with E-state index in [-0.39, 0.29) is 0 Å². The molecule has 1 fully saturated rings. The molecule has 112 valence electrons. The fourth-order valence-corrected chi connectivity index (χ4v) is 3.05. The zero-order valence-corrected chi connectivity index (χ0v) is 13.4. The van der Waals surface area contributed by atoms with Gasteiger partial charge in [0.25, 0.3) is 0 Å². The van der Waals surface area contributed by atoms with Crippen LogP contribution in [-0.4, -0.2) is 23.6 Å². The van der Waals surface area contributed by atoms with Crippen molar-refractivity contribution in [3.8, 4) is 0 Å². The number of nitrogens with zero attached hydrogens (tertiary/aromatic N) is 2. The lowest BCUT2D eigenvalue weighted by Crippen LogP contribution is -2.40. The summed E-state index contributed by atoms with van der Waals surface area (Å²) >= 11 is 0. The van der Waals surface area contributed by atoms with E-state index in [9.17, 15) is 0 Å². The summed E-state index contributed by atoms with van der Waals surface area (Å²) in [6.45, 7) is 10.9. The van der Waals surface area contributed by atoms with Crippen molar-refractivity contribution in [3.05, 3.63) is 23.4 Å². The van der Waals surface area contributed by atoms with Crippen LogP contribution in [0.25, 0.3) is 0 Å². The second-order valence-electron chi connectivity index (χ2n) is 6.27. The summed E-state index contributed by atoms with van der Waals surface area (Å²) in [6, 6.07) is 3.48. The standard InChI is InChI=1S/C17H29N3/c1-5-16-8-6-7-9-20(16)17-14(4)10-15(12-19-17)11-18-13(2)3/h10,12-13,16,18H,5-9,11H2,1-4H3. The predicted molar refractivity (Wildman–Crippen MR) is 86.2 cm³/mol. The Morgan fingerprint density at radius 2 is 2.20 bits per heavy atom. The SMILES string of the molecule is CCC1CCCCN1c1ncc(CNC(C)C)cc1C. The molecule has 1 aliphatic heterocycles. The highest BCUT2D eigenvalue weighted by atomic mass is 15.2. The van der Waals surface area contributed by atoms with E-state index in [4.69, 9.17) is 4.98 Å². The largest absolute Gasteiger partial charge is 0.353 e. The van der Waals surface area contributed by atoms with Crippen LogP contribution in [0.4, 0.5) is 5.82 Å². The molecule has 0 saturated carbocycles. The summed E-state index contributed by atoms with van der Waals surface area (Å²) in [5, 5.41) is 3.45. The molecule has 0 spiro atoms. The van der Waals surface area contributed by atoms with Crippen LogP contribution in [0, 0.1) is 6.92 Å². The molecule has 3 heteroatoms. The third-order valence-electron chi connectivity index (χ3n) is 4.19. The molecule has 0 radical (unpaired) electrons. The lowest BCUT2D eigenvalue weighted by atomic mass is 9.99. The second-order valence-corrected chi connectivity index (χ2v) is 6.27. The molecule has 1 aliphatic rings. The van der Waals surface area contributed by atoms with Crippen LogP contribution in [0.15, 0.2) is 12.3 Å². The Labute approximate surface area is 123 Å². The number of hydrogen-bond acceptors (Lipinski definition) is 3. The van der Waals surface area contributed by atoms with E-state index in [1.165, 1.54) is 42.6 Å². The van der Waals surface area contributed by atoms with E-state index < -0.39 is 0 Å². The van der Waals surface area contributed by atoms with Gasteiger partial charge < -0.3 is 10.2 Å². The van der Waals surface area contributed by atoms with Crippen molar-refractivity contribution in [3.63, 3.8) is 0 Å². The molecule has 1 atom stereocenters. The summed E-state index contributed by atoms with van der Waals surface area (Å²) in [5.41, 5.74) is 2.60. The highest BCUT2D eigenvalue weighted by molar-refractivity contribution is 5.48. The average molecular weight is 275 g/mol. The fraction of sp³-hybridized carbons (Fsp3) is 0.706. The first kappa shape index (κ1) is 15.3. The van der Waals surface area contributed by atoms with Crippen LogP contribution in [0.1, 0.15) is 57.6 Å². The van der Waals surface area contributed by atoms with Crippen LogP contribution >= 0.6 is 0 Å². The average Bonchev–Trinajstić information content (AvgIpc) is 2.45. The van der Waals surface area contributed by atoms with Gasteiger partial charge in [-0.1, -0.05) is 20.8 Å². The second kappa shape index (κ2) is 7.07. The van der Waals surface area contributed by atoms with Gasteiger partial charge in [-0.15, -0.1) is 0 Å². The lowest BCUT2D eigenvalue weighted by Gasteiger charge is -2.37. The van der Waals surface area contributed by atoms with Crippen LogP contribution in [0.2, 0.25) is 0 Å². The molecular weight excluding hydrogens is 246 g/mol. The monoisotopic (exact) mass is 275 g/mol. The van der Waals surface area contributed by atoms with Crippen molar-refractivity contribution in [2.45, 2.75) is 72.0 Å². The number of hydrogen-bond donors (Lipinski definition) is 1. The normalized spacial score (nSPS) is 19.6. The number of rotatable bonds is 5. The molecule has 20 heavy (non-hydrogen) atoms. The van der Waals surface area contributed by atoms with Gasteiger partial charge in [-0.2, -0.15) is 0 Å². The van der Waals surface area contributed by atoms with Gasteiger partial charge in [-0.3, -0.25) is 0 Å². The van der Waals surface area contributed by atoms with E-state index in [0.29, 0.717) is 12.1 Å². The Kier molecular flexibility index (Phi) is 5.41. The van der Waals surface area contributed by atoms with Crippen molar-refractivity contribution in [2.75, 3.05) is 11.4 Å². The van der Waals surface area contributed by atoms with Gasteiger partial charge in [0, 0.05) is 31.4 Å².